The first-order valence-corrected chi connectivity index (χ1v) is 6.78. The Morgan fingerprint density at radius 1 is 1.60 bits per heavy atom. The number of halogens is 1. The largest absolute Gasteiger partial charge is 0.335 e. The van der Waals surface area contributed by atoms with Crippen LogP contribution in [0.3, 0.4) is 0 Å². The maximum Gasteiger partial charge on any atom is 0.226 e. The first-order chi connectivity index (χ1) is 7.08. The van der Waals surface area contributed by atoms with Crippen LogP contribution in [0.15, 0.2) is 15.9 Å². The summed E-state index contributed by atoms with van der Waals surface area (Å²) in [7, 11) is 0. The fourth-order valence-corrected chi connectivity index (χ4v) is 3.53. The number of carbonyl (C=O) groups excluding carboxylic acids is 1. The third-order valence-corrected chi connectivity index (χ3v) is 4.56. The predicted molar refractivity (Wildman–Crippen MR) is 65.8 cm³/mol. The Hall–Kier alpha value is -0.350. The van der Waals surface area contributed by atoms with Gasteiger partial charge in [-0.25, -0.2) is 0 Å². The Morgan fingerprint density at radius 2 is 2.33 bits per heavy atom. The third-order valence-electron chi connectivity index (χ3n) is 2.88. The fourth-order valence-electron chi connectivity index (χ4n) is 2.08. The molecule has 0 saturated carbocycles. The lowest BCUT2D eigenvalue weighted by molar-refractivity contribution is -0.131. The zero-order valence-corrected chi connectivity index (χ0v) is 11.3. The molecule has 0 aromatic carbocycles. The van der Waals surface area contributed by atoms with Gasteiger partial charge >= 0.3 is 0 Å². The van der Waals surface area contributed by atoms with Crippen molar-refractivity contribution < 1.29 is 4.79 Å². The molecule has 1 aromatic rings. The van der Waals surface area contributed by atoms with Gasteiger partial charge in [0.15, 0.2) is 0 Å². The van der Waals surface area contributed by atoms with Crippen LogP contribution in [0.5, 0.6) is 0 Å². The van der Waals surface area contributed by atoms with Crippen molar-refractivity contribution in [3.63, 3.8) is 0 Å². The third kappa shape index (κ3) is 2.26. The molecule has 82 valence electrons. The van der Waals surface area contributed by atoms with E-state index < -0.39 is 0 Å². The molecule has 2 unspecified atom stereocenters. The molecule has 2 rings (SSSR count). The van der Waals surface area contributed by atoms with Crippen molar-refractivity contribution in [2.75, 3.05) is 0 Å². The summed E-state index contributed by atoms with van der Waals surface area (Å²) in [5.74, 6) is 0.496. The number of carbonyl (C=O) groups is 1. The highest BCUT2D eigenvalue weighted by Crippen LogP contribution is 2.28. The van der Waals surface area contributed by atoms with Gasteiger partial charge in [0, 0.05) is 26.7 Å². The Balaban J connectivity index is 2.09. The lowest BCUT2D eigenvalue weighted by Crippen LogP contribution is -2.30. The number of rotatable bonds is 2. The van der Waals surface area contributed by atoms with Gasteiger partial charge in [0.2, 0.25) is 5.91 Å². The second kappa shape index (κ2) is 4.26. The Morgan fingerprint density at radius 3 is 2.80 bits per heavy atom. The molecule has 1 aliphatic heterocycles. The summed E-state index contributed by atoms with van der Waals surface area (Å²) in [5.41, 5.74) is 0. The summed E-state index contributed by atoms with van der Waals surface area (Å²) in [6.07, 6.45) is 0.991. The summed E-state index contributed by atoms with van der Waals surface area (Å²) >= 11 is 5.13. The minimum atomic E-state index is 0.198. The second-order valence-electron chi connectivity index (χ2n) is 4.18. The molecular formula is C11H14BrNOS. The maximum absolute atomic E-state index is 11.8. The van der Waals surface area contributed by atoms with Crippen molar-refractivity contribution in [3.8, 4) is 0 Å². The van der Waals surface area contributed by atoms with Crippen LogP contribution in [0.25, 0.3) is 0 Å². The first kappa shape index (κ1) is 11.1. The van der Waals surface area contributed by atoms with E-state index in [1.54, 1.807) is 11.3 Å². The molecule has 4 heteroatoms. The second-order valence-corrected chi connectivity index (χ2v) is 6.09. The Kier molecular flexibility index (Phi) is 3.16. The van der Waals surface area contributed by atoms with E-state index >= 15 is 0 Å². The van der Waals surface area contributed by atoms with Crippen molar-refractivity contribution in [1.29, 1.82) is 0 Å². The zero-order valence-electron chi connectivity index (χ0n) is 8.87. The van der Waals surface area contributed by atoms with Crippen LogP contribution in [0, 0.1) is 5.92 Å². The van der Waals surface area contributed by atoms with Gasteiger partial charge in [-0.1, -0.05) is 6.92 Å². The number of hydrogen-bond donors (Lipinski definition) is 0. The SMILES string of the molecule is CC1CC(C)N(Cc2cc(Br)cs2)C1=O. The topological polar surface area (TPSA) is 20.3 Å². The predicted octanol–water partition coefficient (Wildman–Crippen LogP) is 3.27. The van der Waals surface area contributed by atoms with Crippen LogP contribution in [0.4, 0.5) is 0 Å². The van der Waals surface area contributed by atoms with Crippen LogP contribution < -0.4 is 0 Å². The van der Waals surface area contributed by atoms with E-state index in [1.165, 1.54) is 4.88 Å². The molecule has 1 aromatic heterocycles. The monoisotopic (exact) mass is 287 g/mol. The van der Waals surface area contributed by atoms with Crippen LogP contribution >= 0.6 is 27.3 Å². The van der Waals surface area contributed by atoms with E-state index in [-0.39, 0.29) is 5.92 Å². The summed E-state index contributed by atoms with van der Waals surface area (Å²) in [6.45, 7) is 4.91. The maximum atomic E-state index is 11.8. The van der Waals surface area contributed by atoms with Crippen molar-refractivity contribution in [1.82, 2.24) is 4.90 Å². The molecule has 2 atom stereocenters. The molecule has 1 fully saturated rings. The van der Waals surface area contributed by atoms with Gasteiger partial charge in [-0.2, -0.15) is 0 Å². The van der Waals surface area contributed by atoms with Gasteiger partial charge in [-0.15, -0.1) is 11.3 Å². The Bertz CT molecular complexity index is 376. The van der Waals surface area contributed by atoms with Crippen LogP contribution in [0.1, 0.15) is 25.1 Å². The van der Waals surface area contributed by atoms with Crippen molar-refractivity contribution in [3.05, 3.63) is 20.8 Å². The van der Waals surface area contributed by atoms with E-state index in [1.807, 2.05) is 11.8 Å². The molecule has 0 N–H and O–H groups in total. The molecular weight excluding hydrogens is 274 g/mol. The van der Waals surface area contributed by atoms with Crippen LogP contribution in [0.2, 0.25) is 0 Å². The highest BCUT2D eigenvalue weighted by molar-refractivity contribution is 9.10. The normalized spacial score (nSPS) is 26.3. The number of amides is 1. The average molecular weight is 288 g/mol. The van der Waals surface area contributed by atoms with E-state index in [9.17, 15) is 4.79 Å². The molecule has 0 aliphatic carbocycles. The van der Waals surface area contributed by atoms with Gasteiger partial charge in [0.25, 0.3) is 0 Å². The molecule has 1 amide bonds. The minimum Gasteiger partial charge on any atom is -0.335 e. The van der Waals surface area contributed by atoms with E-state index in [0.717, 1.165) is 17.4 Å². The molecule has 2 nitrogen and oxygen atoms in total. The smallest absolute Gasteiger partial charge is 0.226 e. The molecule has 1 saturated heterocycles. The van der Waals surface area contributed by atoms with E-state index in [2.05, 4.69) is 34.3 Å². The molecule has 15 heavy (non-hydrogen) atoms. The number of thiophene rings is 1. The van der Waals surface area contributed by atoms with Crippen molar-refractivity contribution in [2.24, 2.45) is 5.92 Å². The zero-order chi connectivity index (χ0) is 11.0. The summed E-state index contributed by atoms with van der Waals surface area (Å²) in [5, 5.41) is 2.06. The summed E-state index contributed by atoms with van der Waals surface area (Å²) < 4.78 is 1.11. The van der Waals surface area contributed by atoms with Crippen molar-refractivity contribution >= 4 is 33.2 Å². The molecule has 0 spiro atoms. The number of hydrogen-bond acceptors (Lipinski definition) is 2. The lowest BCUT2D eigenvalue weighted by Gasteiger charge is -2.20. The number of nitrogens with zero attached hydrogens (tertiary/aromatic N) is 1. The average Bonchev–Trinajstić information content (AvgIpc) is 2.67. The number of likely N-dealkylation sites (tertiary alicyclic amines) is 1. The van der Waals surface area contributed by atoms with E-state index in [4.69, 9.17) is 0 Å². The minimum absolute atomic E-state index is 0.198. The van der Waals surface area contributed by atoms with E-state index in [0.29, 0.717) is 11.9 Å². The van der Waals surface area contributed by atoms with Crippen LogP contribution in [-0.4, -0.2) is 16.8 Å². The molecule has 2 heterocycles. The van der Waals surface area contributed by atoms with Gasteiger partial charge in [0.1, 0.15) is 0 Å². The fraction of sp³-hybridized carbons (Fsp3) is 0.545. The van der Waals surface area contributed by atoms with Gasteiger partial charge in [-0.05, 0) is 35.3 Å². The molecule has 0 radical (unpaired) electrons. The summed E-state index contributed by atoms with van der Waals surface area (Å²) in [6, 6.07) is 2.47. The summed E-state index contributed by atoms with van der Waals surface area (Å²) in [4.78, 5) is 15.1. The molecule has 1 aliphatic rings. The highest BCUT2D eigenvalue weighted by Gasteiger charge is 2.33. The van der Waals surface area contributed by atoms with Gasteiger partial charge in [-0.3, -0.25) is 4.79 Å². The highest BCUT2D eigenvalue weighted by atomic mass is 79.9. The quantitative estimate of drug-likeness (QED) is 0.818. The lowest BCUT2D eigenvalue weighted by atomic mass is 10.1. The molecule has 0 bridgehead atoms. The van der Waals surface area contributed by atoms with Crippen LogP contribution in [-0.2, 0) is 11.3 Å². The van der Waals surface area contributed by atoms with Crippen molar-refractivity contribution in [2.45, 2.75) is 32.9 Å². The Labute approximate surface area is 102 Å². The van der Waals surface area contributed by atoms with Gasteiger partial charge in [0.05, 0.1) is 6.54 Å². The first-order valence-electron chi connectivity index (χ1n) is 5.11. The van der Waals surface area contributed by atoms with Gasteiger partial charge < -0.3 is 4.90 Å². The standard InChI is InChI=1S/C11H14BrNOS/c1-7-3-8(2)13(11(7)14)5-10-4-9(12)6-15-10/h4,6-8H,3,5H2,1-2H3.